The van der Waals surface area contributed by atoms with Gasteiger partial charge in [0.15, 0.2) is 5.96 Å². The van der Waals surface area contributed by atoms with E-state index in [-0.39, 0.29) is 24.0 Å². The van der Waals surface area contributed by atoms with Gasteiger partial charge in [-0.15, -0.1) is 24.0 Å². The Hall–Kier alpha value is -1.61. The van der Waals surface area contributed by atoms with E-state index in [4.69, 9.17) is 4.42 Å². The third kappa shape index (κ3) is 7.88. The highest BCUT2D eigenvalue weighted by molar-refractivity contribution is 14.0. The Labute approximate surface area is 179 Å². The molecule has 0 radical (unpaired) electrons. The minimum Gasteiger partial charge on any atom is -0.444 e. The number of oxazole rings is 1. The molecule has 1 aromatic heterocycles. The summed E-state index contributed by atoms with van der Waals surface area (Å²) in [6, 6.07) is 10.5. The summed E-state index contributed by atoms with van der Waals surface area (Å²) in [4.78, 5) is 11.5. The van der Waals surface area contributed by atoms with E-state index in [2.05, 4.69) is 53.3 Å². The zero-order valence-corrected chi connectivity index (χ0v) is 19.1. The van der Waals surface area contributed by atoms with Crippen molar-refractivity contribution in [1.29, 1.82) is 0 Å². The van der Waals surface area contributed by atoms with Crippen molar-refractivity contribution >= 4 is 29.9 Å². The minimum absolute atomic E-state index is 0. The lowest BCUT2D eigenvalue weighted by Crippen LogP contribution is -2.42. The van der Waals surface area contributed by atoms with E-state index in [0.29, 0.717) is 18.5 Å². The number of halogens is 1. The SMILES string of the molecule is CCNC(=NCc1coc(-c2ccccc2)n1)NCCN(C)C(C)CC.I. The second-order valence-corrected chi connectivity index (χ2v) is 6.37. The van der Waals surface area contributed by atoms with E-state index in [9.17, 15) is 0 Å². The molecule has 2 rings (SSSR count). The summed E-state index contributed by atoms with van der Waals surface area (Å²) in [5.41, 5.74) is 1.79. The van der Waals surface area contributed by atoms with Crippen LogP contribution in [0, 0.1) is 0 Å². The number of guanidine groups is 1. The van der Waals surface area contributed by atoms with Gasteiger partial charge >= 0.3 is 0 Å². The van der Waals surface area contributed by atoms with Gasteiger partial charge in [-0.2, -0.15) is 0 Å². The van der Waals surface area contributed by atoms with Crippen LogP contribution in [-0.2, 0) is 6.54 Å². The summed E-state index contributed by atoms with van der Waals surface area (Å²) >= 11 is 0. The maximum atomic E-state index is 5.57. The molecule has 0 spiro atoms. The Morgan fingerprint density at radius 2 is 1.96 bits per heavy atom. The van der Waals surface area contributed by atoms with Gasteiger partial charge in [0.2, 0.25) is 5.89 Å². The number of hydrogen-bond acceptors (Lipinski definition) is 4. The molecule has 1 aromatic carbocycles. The average molecular weight is 485 g/mol. The van der Waals surface area contributed by atoms with Gasteiger partial charge in [0.25, 0.3) is 0 Å². The summed E-state index contributed by atoms with van der Waals surface area (Å²) in [6.45, 7) is 9.64. The fourth-order valence-corrected chi connectivity index (χ4v) is 2.48. The van der Waals surface area contributed by atoms with Crippen LogP contribution in [0.1, 0.15) is 32.9 Å². The van der Waals surface area contributed by atoms with Gasteiger partial charge in [-0.05, 0) is 39.4 Å². The molecule has 2 N–H and O–H groups in total. The van der Waals surface area contributed by atoms with Crippen LogP contribution < -0.4 is 10.6 Å². The lowest BCUT2D eigenvalue weighted by molar-refractivity contribution is 0.255. The van der Waals surface area contributed by atoms with Crippen LogP contribution in [0.5, 0.6) is 0 Å². The van der Waals surface area contributed by atoms with Crippen molar-refractivity contribution in [3.63, 3.8) is 0 Å². The molecule has 0 fully saturated rings. The summed E-state index contributed by atoms with van der Waals surface area (Å²) in [5.74, 6) is 1.43. The molecule has 0 aliphatic heterocycles. The number of rotatable bonds is 9. The van der Waals surface area contributed by atoms with Crippen LogP contribution in [-0.4, -0.2) is 48.6 Å². The van der Waals surface area contributed by atoms with Crippen LogP contribution in [0.3, 0.4) is 0 Å². The Bertz CT molecular complexity index is 674. The van der Waals surface area contributed by atoms with Crippen molar-refractivity contribution < 1.29 is 4.42 Å². The molecular weight excluding hydrogens is 453 g/mol. The molecule has 0 bridgehead atoms. The number of nitrogens with zero attached hydrogens (tertiary/aromatic N) is 3. The number of hydrogen-bond donors (Lipinski definition) is 2. The molecule has 150 valence electrons. The first-order valence-corrected chi connectivity index (χ1v) is 9.36. The first-order valence-electron chi connectivity index (χ1n) is 9.36. The van der Waals surface area contributed by atoms with Gasteiger partial charge in [0, 0.05) is 31.2 Å². The molecule has 0 amide bonds. The monoisotopic (exact) mass is 485 g/mol. The average Bonchev–Trinajstić information content (AvgIpc) is 3.15. The molecule has 7 heteroatoms. The normalized spacial score (nSPS) is 12.6. The fraction of sp³-hybridized carbons (Fsp3) is 0.500. The molecule has 0 aliphatic carbocycles. The molecule has 0 aliphatic rings. The number of nitrogens with one attached hydrogen (secondary N) is 2. The number of aliphatic imine (C=N–C) groups is 1. The predicted molar refractivity (Wildman–Crippen MR) is 123 cm³/mol. The molecule has 0 saturated carbocycles. The second-order valence-electron chi connectivity index (χ2n) is 6.37. The van der Waals surface area contributed by atoms with E-state index < -0.39 is 0 Å². The first kappa shape index (κ1) is 23.4. The molecule has 1 heterocycles. The Balaban J connectivity index is 0.00000364. The van der Waals surface area contributed by atoms with E-state index >= 15 is 0 Å². The summed E-state index contributed by atoms with van der Waals surface area (Å²) in [7, 11) is 2.15. The Morgan fingerprint density at radius 1 is 1.22 bits per heavy atom. The largest absolute Gasteiger partial charge is 0.444 e. The summed E-state index contributed by atoms with van der Waals surface area (Å²) in [5, 5.41) is 6.65. The van der Waals surface area contributed by atoms with Gasteiger partial charge in [0.1, 0.15) is 12.0 Å². The third-order valence-electron chi connectivity index (χ3n) is 4.42. The molecule has 6 nitrogen and oxygen atoms in total. The summed E-state index contributed by atoms with van der Waals surface area (Å²) in [6.07, 6.45) is 2.83. The van der Waals surface area contributed by atoms with E-state index in [1.165, 1.54) is 0 Å². The lowest BCUT2D eigenvalue weighted by atomic mass is 10.2. The van der Waals surface area contributed by atoms with Crippen molar-refractivity contribution in [3.8, 4) is 11.5 Å². The van der Waals surface area contributed by atoms with Crippen molar-refractivity contribution in [2.75, 3.05) is 26.7 Å². The third-order valence-corrected chi connectivity index (χ3v) is 4.42. The number of likely N-dealkylation sites (N-methyl/N-ethyl adjacent to an activating group) is 1. The lowest BCUT2D eigenvalue weighted by Gasteiger charge is -2.23. The second kappa shape index (κ2) is 12.7. The van der Waals surface area contributed by atoms with Crippen LogP contribution in [0.15, 0.2) is 46.0 Å². The van der Waals surface area contributed by atoms with Gasteiger partial charge < -0.3 is 20.0 Å². The number of benzene rings is 1. The summed E-state index contributed by atoms with van der Waals surface area (Å²) < 4.78 is 5.57. The van der Waals surface area contributed by atoms with Gasteiger partial charge in [-0.25, -0.2) is 9.98 Å². The molecule has 2 aromatic rings. The van der Waals surface area contributed by atoms with Gasteiger partial charge in [-0.3, -0.25) is 0 Å². The zero-order chi connectivity index (χ0) is 18.8. The van der Waals surface area contributed by atoms with Crippen LogP contribution in [0.2, 0.25) is 0 Å². The highest BCUT2D eigenvalue weighted by Gasteiger charge is 2.08. The smallest absolute Gasteiger partial charge is 0.226 e. The highest BCUT2D eigenvalue weighted by atomic mass is 127. The molecule has 27 heavy (non-hydrogen) atoms. The zero-order valence-electron chi connectivity index (χ0n) is 16.7. The van der Waals surface area contributed by atoms with E-state index in [0.717, 1.165) is 43.3 Å². The first-order chi connectivity index (χ1) is 12.6. The van der Waals surface area contributed by atoms with E-state index in [1.807, 2.05) is 30.3 Å². The molecule has 1 atom stereocenters. The van der Waals surface area contributed by atoms with Crippen molar-refractivity contribution in [2.45, 2.75) is 39.8 Å². The number of aromatic nitrogens is 1. The standard InChI is InChI=1S/C20H31N5O.HI/c1-5-16(3)25(4)13-12-22-20(21-6-2)23-14-18-15-26-19(24-18)17-10-8-7-9-11-17;/h7-11,15-16H,5-6,12-14H2,1-4H3,(H2,21,22,23);1H. The van der Waals surface area contributed by atoms with Crippen LogP contribution in [0.25, 0.3) is 11.5 Å². The van der Waals surface area contributed by atoms with E-state index in [1.54, 1.807) is 6.26 Å². The molecule has 0 saturated heterocycles. The van der Waals surface area contributed by atoms with Crippen LogP contribution in [0.4, 0.5) is 0 Å². The molecule has 1 unspecified atom stereocenters. The van der Waals surface area contributed by atoms with Crippen molar-refractivity contribution in [3.05, 3.63) is 42.3 Å². The Morgan fingerprint density at radius 3 is 2.63 bits per heavy atom. The highest BCUT2D eigenvalue weighted by Crippen LogP contribution is 2.18. The predicted octanol–water partition coefficient (Wildman–Crippen LogP) is 3.75. The maximum absolute atomic E-state index is 5.57. The van der Waals surface area contributed by atoms with Crippen LogP contribution >= 0.6 is 24.0 Å². The fourth-order valence-electron chi connectivity index (χ4n) is 2.48. The Kier molecular flexibility index (Phi) is 11.0. The maximum Gasteiger partial charge on any atom is 0.226 e. The quantitative estimate of drug-likeness (QED) is 0.322. The minimum atomic E-state index is 0. The topological polar surface area (TPSA) is 65.7 Å². The van der Waals surface area contributed by atoms with Crippen molar-refractivity contribution in [2.24, 2.45) is 4.99 Å². The van der Waals surface area contributed by atoms with Crippen molar-refractivity contribution in [1.82, 2.24) is 20.5 Å². The van der Waals surface area contributed by atoms with Gasteiger partial charge in [0.05, 0.1) is 6.54 Å². The molecular formula is C20H32IN5O. The van der Waals surface area contributed by atoms with Gasteiger partial charge in [-0.1, -0.05) is 25.1 Å².